The van der Waals surface area contributed by atoms with E-state index in [-0.39, 0.29) is 12.1 Å². The number of benzene rings is 2. The monoisotopic (exact) mass is 505 g/mol. The lowest BCUT2D eigenvalue weighted by Crippen LogP contribution is -2.29. The van der Waals surface area contributed by atoms with Gasteiger partial charge in [-0.3, -0.25) is 4.98 Å². The van der Waals surface area contributed by atoms with Gasteiger partial charge in [-0.25, -0.2) is 0 Å². The number of anilines is 1. The second-order valence-electron chi connectivity index (χ2n) is 8.20. The van der Waals surface area contributed by atoms with Crippen LogP contribution in [0.1, 0.15) is 29.1 Å². The average Bonchev–Trinajstić information content (AvgIpc) is 3.50. The fraction of sp³-hybridized carbons (Fsp3) is 0.185. The molecule has 2 aromatic carbocycles. The Hall–Kier alpha value is -3.55. The van der Waals surface area contributed by atoms with Crippen molar-refractivity contribution in [2.24, 2.45) is 0 Å². The van der Waals surface area contributed by atoms with Crippen LogP contribution in [0.2, 0.25) is 5.02 Å². The van der Waals surface area contributed by atoms with Gasteiger partial charge in [0.2, 0.25) is 0 Å². The molecule has 1 saturated heterocycles. The molecule has 0 saturated carbocycles. The number of thiocarbonyl (C=S) groups is 1. The largest absolute Gasteiger partial charge is 0.497 e. The summed E-state index contributed by atoms with van der Waals surface area (Å²) in [7, 11) is 3.26. The van der Waals surface area contributed by atoms with E-state index in [1.54, 1.807) is 20.4 Å². The molecule has 178 valence electrons. The Morgan fingerprint density at radius 1 is 1.03 bits per heavy atom. The Balaban J connectivity index is 1.64. The molecule has 0 amide bonds. The number of furan rings is 1. The molecule has 3 heterocycles. The first kappa shape index (κ1) is 23.2. The molecular formula is C27H24ClN3O3S. The molecule has 2 aromatic heterocycles. The van der Waals surface area contributed by atoms with E-state index >= 15 is 0 Å². The van der Waals surface area contributed by atoms with Crippen molar-refractivity contribution in [1.29, 1.82) is 0 Å². The molecule has 8 heteroatoms. The van der Waals surface area contributed by atoms with Gasteiger partial charge in [0.1, 0.15) is 29.1 Å². The lowest BCUT2D eigenvalue weighted by Gasteiger charge is -2.27. The van der Waals surface area contributed by atoms with Crippen LogP contribution in [0.25, 0.3) is 11.3 Å². The molecule has 1 aliphatic rings. The van der Waals surface area contributed by atoms with Gasteiger partial charge >= 0.3 is 0 Å². The summed E-state index contributed by atoms with van der Waals surface area (Å²) in [5, 5.41) is 4.67. The maximum absolute atomic E-state index is 6.43. The number of nitrogens with one attached hydrogen (secondary N) is 1. The first-order valence-electron chi connectivity index (χ1n) is 11.1. The number of halogens is 1. The van der Waals surface area contributed by atoms with Gasteiger partial charge < -0.3 is 24.1 Å². The first-order chi connectivity index (χ1) is 17.0. The van der Waals surface area contributed by atoms with Crippen molar-refractivity contribution in [2.75, 3.05) is 19.1 Å². The van der Waals surface area contributed by atoms with Gasteiger partial charge in [0.15, 0.2) is 5.11 Å². The number of methoxy groups -OCH3 is 2. The van der Waals surface area contributed by atoms with E-state index in [2.05, 4.69) is 10.3 Å². The minimum Gasteiger partial charge on any atom is -0.497 e. The molecule has 4 aromatic rings. The summed E-state index contributed by atoms with van der Waals surface area (Å²) in [6.07, 6.45) is 1.77. The molecule has 0 unspecified atom stereocenters. The quantitative estimate of drug-likeness (QED) is 0.300. The number of aryl methyl sites for hydroxylation is 1. The third-order valence-electron chi connectivity index (χ3n) is 6.12. The van der Waals surface area contributed by atoms with Gasteiger partial charge in [0, 0.05) is 22.8 Å². The smallest absolute Gasteiger partial charge is 0.174 e. The minimum atomic E-state index is -0.326. The summed E-state index contributed by atoms with van der Waals surface area (Å²) in [6, 6.07) is 20.7. The number of aromatic nitrogens is 1. The zero-order chi connectivity index (χ0) is 24.5. The summed E-state index contributed by atoms with van der Waals surface area (Å²) in [5.41, 5.74) is 3.53. The fourth-order valence-electron chi connectivity index (χ4n) is 4.30. The van der Waals surface area contributed by atoms with E-state index in [0.717, 1.165) is 34.0 Å². The number of ether oxygens (including phenoxy) is 2. The first-order valence-corrected chi connectivity index (χ1v) is 11.9. The molecule has 2 atom stereocenters. The number of hydrogen-bond acceptors (Lipinski definition) is 5. The molecule has 6 nitrogen and oxygen atoms in total. The third-order valence-corrected chi connectivity index (χ3v) is 6.84. The molecule has 0 bridgehead atoms. The fourth-order valence-corrected chi connectivity index (χ4v) is 4.82. The maximum Gasteiger partial charge on any atom is 0.174 e. The van der Waals surface area contributed by atoms with Crippen LogP contribution in [0, 0.1) is 6.92 Å². The molecule has 0 spiro atoms. The SMILES string of the molecule is COc1ccc(OC)c(N2C(=S)N[C@@H](c3ccccn3)[C@@H]2c2ccc(-c3ccc(C)c(Cl)c3)o2)c1. The Bertz CT molecular complexity index is 1380. The van der Waals surface area contributed by atoms with Crippen molar-refractivity contribution in [3.63, 3.8) is 0 Å². The van der Waals surface area contributed by atoms with E-state index < -0.39 is 0 Å². The normalized spacial score (nSPS) is 17.4. The van der Waals surface area contributed by atoms with Crippen LogP contribution in [0.5, 0.6) is 11.5 Å². The predicted octanol–water partition coefficient (Wildman–Crippen LogP) is 6.50. The highest BCUT2D eigenvalue weighted by Crippen LogP contribution is 2.46. The lowest BCUT2D eigenvalue weighted by atomic mass is 10.0. The average molecular weight is 506 g/mol. The molecule has 35 heavy (non-hydrogen) atoms. The summed E-state index contributed by atoms with van der Waals surface area (Å²) < 4.78 is 17.6. The third kappa shape index (κ3) is 4.33. The van der Waals surface area contributed by atoms with Gasteiger partial charge in [-0.15, -0.1) is 0 Å². The molecular weight excluding hydrogens is 482 g/mol. The van der Waals surface area contributed by atoms with Gasteiger partial charge in [-0.05, 0) is 67.2 Å². The molecule has 0 radical (unpaired) electrons. The second kappa shape index (κ2) is 9.60. The van der Waals surface area contributed by atoms with Crippen LogP contribution in [0.3, 0.4) is 0 Å². The topological polar surface area (TPSA) is 59.8 Å². The minimum absolute atomic E-state index is 0.250. The predicted molar refractivity (Wildman–Crippen MR) is 141 cm³/mol. The van der Waals surface area contributed by atoms with Crippen LogP contribution in [0.4, 0.5) is 5.69 Å². The molecule has 1 N–H and O–H groups in total. The van der Waals surface area contributed by atoms with E-state index in [4.69, 9.17) is 37.7 Å². The van der Waals surface area contributed by atoms with Crippen molar-refractivity contribution < 1.29 is 13.9 Å². The zero-order valence-electron chi connectivity index (χ0n) is 19.5. The summed E-state index contributed by atoms with van der Waals surface area (Å²) in [6.45, 7) is 1.97. The van der Waals surface area contributed by atoms with Crippen LogP contribution < -0.4 is 19.7 Å². The van der Waals surface area contributed by atoms with Gasteiger partial charge in [-0.1, -0.05) is 29.8 Å². The summed E-state index contributed by atoms with van der Waals surface area (Å²) >= 11 is 12.2. The van der Waals surface area contributed by atoms with Crippen molar-refractivity contribution in [1.82, 2.24) is 10.3 Å². The van der Waals surface area contributed by atoms with Gasteiger partial charge in [0.25, 0.3) is 0 Å². The van der Waals surface area contributed by atoms with Gasteiger partial charge in [-0.2, -0.15) is 0 Å². The van der Waals surface area contributed by atoms with E-state index in [9.17, 15) is 0 Å². The van der Waals surface area contributed by atoms with Crippen molar-refractivity contribution >= 4 is 34.6 Å². The Morgan fingerprint density at radius 2 is 1.89 bits per heavy atom. The Kier molecular flexibility index (Phi) is 6.36. The van der Waals surface area contributed by atoms with Crippen LogP contribution >= 0.6 is 23.8 Å². The number of hydrogen-bond donors (Lipinski definition) is 1. The highest BCUT2D eigenvalue weighted by atomic mass is 35.5. The molecule has 1 fully saturated rings. The van der Waals surface area contributed by atoms with Gasteiger partial charge in [0.05, 0.1) is 31.6 Å². The molecule has 1 aliphatic heterocycles. The van der Waals surface area contributed by atoms with E-state index in [1.807, 2.05) is 78.6 Å². The van der Waals surface area contributed by atoms with Crippen LogP contribution in [0.15, 0.2) is 77.3 Å². The standard InChI is InChI=1S/C27H24ClN3O3S/c1-16-7-8-17(14-19(16)28)22-11-12-24(34-22)26-25(20-6-4-5-13-29-20)30-27(35)31(26)21-15-18(32-2)9-10-23(21)33-3/h4-15,25-26H,1-3H3,(H,30,35)/t25-,26-/m0/s1. The Labute approximate surface area is 214 Å². The lowest BCUT2D eigenvalue weighted by molar-refractivity contribution is 0.400. The number of rotatable bonds is 6. The number of pyridine rings is 1. The zero-order valence-corrected chi connectivity index (χ0v) is 21.1. The second-order valence-corrected chi connectivity index (χ2v) is 8.99. The molecule has 5 rings (SSSR count). The van der Waals surface area contributed by atoms with Crippen molar-refractivity contribution in [3.8, 4) is 22.8 Å². The van der Waals surface area contributed by atoms with E-state index in [0.29, 0.717) is 21.6 Å². The molecule has 0 aliphatic carbocycles. The number of nitrogens with zero attached hydrogens (tertiary/aromatic N) is 2. The Morgan fingerprint density at radius 3 is 2.60 bits per heavy atom. The van der Waals surface area contributed by atoms with Crippen molar-refractivity contribution in [3.05, 3.63) is 95.0 Å². The maximum atomic E-state index is 6.43. The van der Waals surface area contributed by atoms with Crippen molar-refractivity contribution in [2.45, 2.75) is 19.0 Å². The highest BCUT2D eigenvalue weighted by Gasteiger charge is 2.43. The summed E-state index contributed by atoms with van der Waals surface area (Å²) in [4.78, 5) is 6.60. The summed E-state index contributed by atoms with van der Waals surface area (Å²) in [5.74, 6) is 2.80. The van der Waals surface area contributed by atoms with E-state index in [1.165, 1.54) is 0 Å². The highest BCUT2D eigenvalue weighted by molar-refractivity contribution is 7.80. The van der Waals surface area contributed by atoms with Crippen LogP contribution in [-0.2, 0) is 0 Å². The van der Waals surface area contributed by atoms with Crippen LogP contribution in [-0.4, -0.2) is 24.3 Å².